The maximum Gasteiger partial charge on any atom is 0.0492 e. The third-order valence-corrected chi connectivity index (χ3v) is 3.00. The van der Waals surface area contributed by atoms with Crippen LogP contribution in [0.5, 0.6) is 0 Å². The molecule has 0 radical (unpaired) electrons. The van der Waals surface area contributed by atoms with Gasteiger partial charge in [-0.1, -0.05) is 6.42 Å². The molecule has 72 valence electrons. The van der Waals surface area contributed by atoms with Crippen molar-refractivity contribution in [2.45, 2.75) is 44.7 Å². The molecule has 0 amide bonds. The minimum Gasteiger partial charge on any atom is -0.327 e. The molecule has 2 N–H and O–H groups in total. The Bertz CT molecular complexity index is 279. The molecule has 1 fully saturated rings. The van der Waals surface area contributed by atoms with E-state index in [9.17, 15) is 0 Å². The van der Waals surface area contributed by atoms with Gasteiger partial charge < -0.3 is 5.73 Å². The molecule has 1 aromatic heterocycles. The van der Waals surface area contributed by atoms with E-state index in [1.54, 1.807) is 0 Å². The number of nitrogens with zero attached hydrogens (tertiary/aromatic N) is 2. The van der Waals surface area contributed by atoms with Crippen LogP contribution in [0.15, 0.2) is 12.3 Å². The lowest BCUT2D eigenvalue weighted by atomic mass is 10.0. The Kier molecular flexibility index (Phi) is 2.36. The van der Waals surface area contributed by atoms with Crippen molar-refractivity contribution in [2.24, 2.45) is 5.73 Å². The van der Waals surface area contributed by atoms with Crippen LogP contribution in [0.1, 0.15) is 37.8 Å². The Morgan fingerprint density at radius 1 is 1.62 bits per heavy atom. The van der Waals surface area contributed by atoms with Crippen LogP contribution in [0.3, 0.4) is 0 Å². The fraction of sp³-hybridized carbons (Fsp3) is 0.700. The molecular weight excluding hydrogens is 162 g/mol. The lowest BCUT2D eigenvalue weighted by molar-refractivity contribution is 0.531. The topological polar surface area (TPSA) is 43.8 Å². The second kappa shape index (κ2) is 3.50. The fourth-order valence-corrected chi connectivity index (χ4v) is 2.28. The molecule has 1 aromatic rings. The molecule has 3 nitrogen and oxygen atoms in total. The van der Waals surface area contributed by atoms with Gasteiger partial charge in [0.25, 0.3) is 0 Å². The fourth-order valence-electron chi connectivity index (χ4n) is 2.28. The number of hydrogen-bond acceptors (Lipinski definition) is 2. The number of aromatic nitrogens is 2. The smallest absolute Gasteiger partial charge is 0.0492 e. The van der Waals surface area contributed by atoms with Crippen LogP contribution in [0, 0.1) is 0 Å². The normalized spacial score (nSPS) is 28.2. The molecule has 1 aliphatic rings. The van der Waals surface area contributed by atoms with Crippen molar-refractivity contribution in [3.63, 3.8) is 0 Å². The molecule has 0 aliphatic heterocycles. The van der Waals surface area contributed by atoms with Gasteiger partial charge in [0.1, 0.15) is 0 Å². The van der Waals surface area contributed by atoms with Crippen LogP contribution >= 0.6 is 0 Å². The van der Waals surface area contributed by atoms with Crippen LogP contribution in [0.2, 0.25) is 0 Å². The SMILES string of the molecule is CCn1nccc1C1CCCC1N. The number of hydrogen-bond donors (Lipinski definition) is 1. The van der Waals surface area contributed by atoms with E-state index in [-0.39, 0.29) is 0 Å². The predicted octanol–water partition coefficient (Wildman–Crippen LogP) is 1.50. The lowest BCUT2D eigenvalue weighted by Crippen LogP contribution is -2.24. The first-order valence-electron chi connectivity index (χ1n) is 5.10. The molecule has 2 rings (SSSR count). The summed E-state index contributed by atoms with van der Waals surface area (Å²) in [6, 6.07) is 2.46. The summed E-state index contributed by atoms with van der Waals surface area (Å²) < 4.78 is 2.07. The minimum atomic E-state index is 0.349. The molecule has 2 atom stereocenters. The third kappa shape index (κ3) is 1.48. The van der Waals surface area contributed by atoms with Gasteiger partial charge in [0.2, 0.25) is 0 Å². The average molecular weight is 179 g/mol. The van der Waals surface area contributed by atoms with E-state index < -0.39 is 0 Å². The molecule has 13 heavy (non-hydrogen) atoms. The van der Waals surface area contributed by atoms with E-state index in [1.807, 2.05) is 6.20 Å². The van der Waals surface area contributed by atoms with Crippen LogP contribution < -0.4 is 5.73 Å². The van der Waals surface area contributed by atoms with Crippen LogP contribution in [-0.2, 0) is 6.54 Å². The molecular formula is C10H17N3. The summed E-state index contributed by atoms with van der Waals surface area (Å²) in [6.45, 7) is 3.07. The van der Waals surface area contributed by atoms with Gasteiger partial charge in [-0.2, -0.15) is 5.10 Å². The average Bonchev–Trinajstić information content (AvgIpc) is 2.71. The van der Waals surface area contributed by atoms with E-state index in [0.717, 1.165) is 6.54 Å². The van der Waals surface area contributed by atoms with E-state index in [2.05, 4.69) is 22.8 Å². The lowest BCUT2D eigenvalue weighted by Gasteiger charge is -2.16. The molecule has 0 bridgehead atoms. The van der Waals surface area contributed by atoms with Gasteiger partial charge in [0.05, 0.1) is 0 Å². The van der Waals surface area contributed by atoms with Crippen LogP contribution in [0.4, 0.5) is 0 Å². The monoisotopic (exact) mass is 179 g/mol. The first-order valence-corrected chi connectivity index (χ1v) is 5.10. The highest BCUT2D eigenvalue weighted by Crippen LogP contribution is 2.32. The van der Waals surface area contributed by atoms with Crippen molar-refractivity contribution in [2.75, 3.05) is 0 Å². The van der Waals surface area contributed by atoms with Crippen molar-refractivity contribution < 1.29 is 0 Å². The van der Waals surface area contributed by atoms with E-state index in [0.29, 0.717) is 12.0 Å². The van der Waals surface area contributed by atoms with Crippen molar-refractivity contribution in [3.8, 4) is 0 Å². The zero-order valence-electron chi connectivity index (χ0n) is 8.11. The Hall–Kier alpha value is -0.830. The Morgan fingerprint density at radius 2 is 2.46 bits per heavy atom. The van der Waals surface area contributed by atoms with Gasteiger partial charge in [-0.25, -0.2) is 0 Å². The molecule has 0 saturated heterocycles. The summed E-state index contributed by atoms with van der Waals surface area (Å²) in [4.78, 5) is 0. The van der Waals surface area contributed by atoms with Crippen molar-refractivity contribution in [1.82, 2.24) is 9.78 Å². The Balaban J connectivity index is 2.23. The number of rotatable bonds is 2. The molecule has 0 spiro atoms. The maximum atomic E-state index is 6.05. The summed E-state index contributed by atoms with van der Waals surface area (Å²) in [6.07, 6.45) is 5.54. The van der Waals surface area contributed by atoms with E-state index in [1.165, 1.54) is 25.0 Å². The Morgan fingerprint density at radius 3 is 3.08 bits per heavy atom. The highest BCUT2D eigenvalue weighted by atomic mass is 15.3. The minimum absolute atomic E-state index is 0.349. The Labute approximate surface area is 78.9 Å². The summed E-state index contributed by atoms with van der Waals surface area (Å²) in [7, 11) is 0. The molecule has 1 aliphatic carbocycles. The highest BCUT2D eigenvalue weighted by Gasteiger charge is 2.27. The van der Waals surface area contributed by atoms with Gasteiger partial charge >= 0.3 is 0 Å². The first kappa shape index (κ1) is 8.75. The quantitative estimate of drug-likeness (QED) is 0.747. The summed E-state index contributed by atoms with van der Waals surface area (Å²) in [5.41, 5.74) is 7.38. The molecule has 1 heterocycles. The maximum absolute atomic E-state index is 6.05. The van der Waals surface area contributed by atoms with E-state index >= 15 is 0 Å². The largest absolute Gasteiger partial charge is 0.327 e. The standard InChI is InChI=1S/C10H17N3/c1-2-13-10(6-7-12-13)8-4-3-5-9(8)11/h6-9H,2-5,11H2,1H3. The molecule has 1 saturated carbocycles. The van der Waals surface area contributed by atoms with Crippen LogP contribution in [-0.4, -0.2) is 15.8 Å². The molecule has 0 aromatic carbocycles. The zero-order valence-corrected chi connectivity index (χ0v) is 8.11. The van der Waals surface area contributed by atoms with Gasteiger partial charge in [-0.05, 0) is 25.8 Å². The number of nitrogens with two attached hydrogens (primary N) is 1. The second-order valence-electron chi connectivity index (χ2n) is 3.77. The summed E-state index contributed by atoms with van der Waals surface area (Å²) in [5, 5.41) is 4.27. The van der Waals surface area contributed by atoms with Gasteiger partial charge in [-0.3, -0.25) is 4.68 Å². The van der Waals surface area contributed by atoms with E-state index in [4.69, 9.17) is 5.73 Å². The predicted molar refractivity (Wildman–Crippen MR) is 52.5 cm³/mol. The molecule has 2 unspecified atom stereocenters. The second-order valence-corrected chi connectivity index (χ2v) is 3.77. The number of aryl methyl sites for hydroxylation is 1. The van der Waals surface area contributed by atoms with Gasteiger partial charge in [0.15, 0.2) is 0 Å². The van der Waals surface area contributed by atoms with Gasteiger partial charge in [-0.15, -0.1) is 0 Å². The van der Waals surface area contributed by atoms with Crippen molar-refractivity contribution in [3.05, 3.63) is 18.0 Å². The third-order valence-electron chi connectivity index (χ3n) is 3.00. The van der Waals surface area contributed by atoms with Crippen LogP contribution in [0.25, 0.3) is 0 Å². The van der Waals surface area contributed by atoms with Crippen molar-refractivity contribution in [1.29, 1.82) is 0 Å². The summed E-state index contributed by atoms with van der Waals surface area (Å²) >= 11 is 0. The zero-order chi connectivity index (χ0) is 9.26. The first-order chi connectivity index (χ1) is 6.33. The van der Waals surface area contributed by atoms with Crippen molar-refractivity contribution >= 4 is 0 Å². The van der Waals surface area contributed by atoms with Gasteiger partial charge in [0, 0.05) is 30.4 Å². The summed E-state index contributed by atoms with van der Waals surface area (Å²) in [5.74, 6) is 0.544. The highest BCUT2D eigenvalue weighted by molar-refractivity contribution is 5.12. The molecule has 3 heteroatoms.